The molecule has 0 amide bonds. The SMILES string of the molecule is O=S(=O)(O)C(OB(O)OC(S(=O)(=O)O)S(=O)(=O)O)S(=O)(=O)O. The molecule has 0 aromatic carbocycles. The summed E-state index contributed by atoms with van der Waals surface area (Å²) in [7, 11) is -26.4. The summed E-state index contributed by atoms with van der Waals surface area (Å²) in [5, 5.41) is 8.90. The first-order chi connectivity index (χ1) is 9.37. The lowest BCUT2D eigenvalue weighted by molar-refractivity contribution is 0.135. The molecular weight excluding hydrogens is 403 g/mol. The molecule has 22 heavy (non-hydrogen) atoms. The maximum Gasteiger partial charge on any atom is 0.640 e. The van der Waals surface area contributed by atoms with Crippen molar-refractivity contribution in [3.05, 3.63) is 0 Å². The zero-order valence-electron chi connectivity index (χ0n) is 9.68. The van der Waals surface area contributed by atoms with E-state index in [-0.39, 0.29) is 0 Å². The summed E-state index contributed by atoms with van der Waals surface area (Å²) in [5.41, 5.74) is 0. The third kappa shape index (κ3) is 6.78. The van der Waals surface area contributed by atoms with Gasteiger partial charge >= 0.3 is 57.3 Å². The van der Waals surface area contributed by atoms with Gasteiger partial charge in [0.1, 0.15) is 0 Å². The van der Waals surface area contributed by atoms with E-state index in [0.29, 0.717) is 0 Å². The number of hydrogen-bond donors (Lipinski definition) is 5. The molecule has 0 aliphatic carbocycles. The quantitative estimate of drug-likeness (QED) is 0.189. The van der Waals surface area contributed by atoms with E-state index in [1.807, 2.05) is 0 Å². The Morgan fingerprint density at radius 2 is 0.773 bits per heavy atom. The van der Waals surface area contributed by atoms with E-state index in [2.05, 4.69) is 9.31 Å². The Kier molecular flexibility index (Phi) is 6.48. The molecule has 0 fully saturated rings. The highest BCUT2D eigenvalue weighted by atomic mass is 32.3. The highest BCUT2D eigenvalue weighted by molar-refractivity contribution is 8.04. The molecule has 5 N–H and O–H groups in total. The van der Waals surface area contributed by atoms with Crippen LogP contribution in [-0.4, -0.2) is 73.8 Å². The second-order valence-corrected chi connectivity index (χ2v) is 9.65. The van der Waals surface area contributed by atoms with Crippen LogP contribution < -0.4 is 0 Å². The molecule has 20 heteroatoms. The Bertz CT molecular complexity index is 665. The highest BCUT2D eigenvalue weighted by Gasteiger charge is 2.46. The van der Waals surface area contributed by atoms with Crippen molar-refractivity contribution in [3.63, 3.8) is 0 Å². The van der Waals surface area contributed by atoms with Gasteiger partial charge < -0.3 is 14.3 Å². The summed E-state index contributed by atoms with van der Waals surface area (Å²) in [6.45, 7) is 0. The van der Waals surface area contributed by atoms with Crippen LogP contribution in [0.15, 0.2) is 0 Å². The maximum absolute atomic E-state index is 10.6. The van der Waals surface area contributed by atoms with Crippen LogP contribution in [0.25, 0.3) is 0 Å². The highest BCUT2D eigenvalue weighted by Crippen LogP contribution is 2.14. The number of rotatable bonds is 8. The van der Waals surface area contributed by atoms with E-state index in [9.17, 15) is 33.7 Å². The Hall–Kier alpha value is -0.415. The lowest BCUT2D eigenvalue weighted by Crippen LogP contribution is -2.44. The Morgan fingerprint density at radius 3 is 0.909 bits per heavy atom. The Balaban J connectivity index is 5.50. The molecule has 132 valence electrons. The summed E-state index contributed by atoms with van der Waals surface area (Å²) in [4.78, 5) is 0. The van der Waals surface area contributed by atoms with Crippen LogP contribution in [0, 0.1) is 0 Å². The van der Waals surface area contributed by atoms with Gasteiger partial charge in [0.15, 0.2) is 0 Å². The zero-order valence-corrected chi connectivity index (χ0v) is 12.9. The fraction of sp³-hybridized carbons (Fsp3) is 1.00. The van der Waals surface area contributed by atoms with Crippen molar-refractivity contribution in [1.82, 2.24) is 0 Å². The van der Waals surface area contributed by atoms with Gasteiger partial charge in [-0.15, -0.1) is 0 Å². The van der Waals surface area contributed by atoms with Gasteiger partial charge in [-0.05, 0) is 0 Å². The van der Waals surface area contributed by atoms with E-state index < -0.39 is 57.3 Å². The molecule has 0 bridgehead atoms. The monoisotopic (exact) mass is 410 g/mol. The molecule has 0 aromatic heterocycles. The molecular formula is C2H7BO15S4. The fourth-order valence-electron chi connectivity index (χ4n) is 0.810. The summed E-state index contributed by atoms with van der Waals surface area (Å²) < 4.78 is 118. The zero-order chi connectivity index (χ0) is 18.1. The van der Waals surface area contributed by atoms with E-state index in [1.165, 1.54) is 0 Å². The van der Waals surface area contributed by atoms with Gasteiger partial charge in [0.2, 0.25) is 0 Å². The molecule has 0 heterocycles. The van der Waals surface area contributed by atoms with Crippen LogP contribution >= 0.6 is 0 Å². The average molecular weight is 410 g/mol. The lowest BCUT2D eigenvalue weighted by atomic mass is 10.3. The van der Waals surface area contributed by atoms with Crippen molar-refractivity contribution in [2.75, 3.05) is 0 Å². The lowest BCUT2D eigenvalue weighted by Gasteiger charge is -2.17. The predicted octanol–water partition coefficient (Wildman–Crippen LogP) is -3.88. The standard InChI is InChI=1S/C2H7BO15S4/c4-3(17-1(19(5,6)7)20(8,9)10)18-2(21(11,12)13)22(14,15)16/h1-2,4H,(H,5,6,7)(H,8,9,10)(H,11,12,13)(H,14,15,16). The minimum absolute atomic E-state index is 3.37. The van der Waals surface area contributed by atoms with Gasteiger partial charge in [-0.2, -0.15) is 33.7 Å². The third-order valence-electron chi connectivity index (χ3n) is 1.43. The molecule has 0 atom stereocenters. The van der Waals surface area contributed by atoms with Crippen molar-refractivity contribution in [2.45, 2.75) is 9.54 Å². The summed E-state index contributed by atoms with van der Waals surface area (Å²) in [5.74, 6) is 0. The second kappa shape index (κ2) is 6.60. The number of hydrogen-bond acceptors (Lipinski definition) is 11. The molecule has 0 spiro atoms. The third-order valence-corrected chi connectivity index (χ3v) is 6.74. The Morgan fingerprint density at radius 1 is 0.591 bits per heavy atom. The van der Waals surface area contributed by atoms with Gasteiger partial charge in [0.25, 0.3) is 0 Å². The fourth-order valence-corrected chi connectivity index (χ4v) is 4.21. The molecule has 15 nitrogen and oxygen atoms in total. The summed E-state index contributed by atoms with van der Waals surface area (Å²) in [6, 6.07) is 0. The first-order valence-electron chi connectivity index (χ1n) is 4.21. The molecule has 0 aliphatic heterocycles. The minimum atomic E-state index is -5.75. The minimum Gasteiger partial charge on any atom is -0.401 e. The van der Waals surface area contributed by atoms with Gasteiger partial charge in [-0.1, -0.05) is 0 Å². The predicted molar refractivity (Wildman–Crippen MR) is 63.9 cm³/mol. The van der Waals surface area contributed by atoms with E-state index in [1.54, 1.807) is 0 Å². The van der Waals surface area contributed by atoms with Gasteiger partial charge in [0.05, 0.1) is 0 Å². The van der Waals surface area contributed by atoms with Gasteiger partial charge in [0, 0.05) is 0 Å². The molecule has 0 aliphatic rings. The van der Waals surface area contributed by atoms with Crippen LogP contribution in [0.5, 0.6) is 0 Å². The maximum atomic E-state index is 10.6. The topological polar surface area (TPSA) is 256 Å². The molecule has 0 rings (SSSR count). The van der Waals surface area contributed by atoms with Crippen molar-refractivity contribution in [1.29, 1.82) is 0 Å². The normalized spacial score (nSPS) is 14.5. The van der Waals surface area contributed by atoms with Crippen LogP contribution in [-0.2, 0) is 49.8 Å². The smallest absolute Gasteiger partial charge is 0.401 e. The first-order valence-corrected chi connectivity index (χ1v) is 10.2. The van der Waals surface area contributed by atoms with E-state index in [4.69, 9.17) is 23.2 Å². The van der Waals surface area contributed by atoms with Crippen LogP contribution in [0.4, 0.5) is 0 Å². The van der Waals surface area contributed by atoms with Crippen LogP contribution in [0.3, 0.4) is 0 Å². The molecule has 0 aromatic rings. The largest absolute Gasteiger partial charge is 0.640 e. The molecule has 0 saturated carbocycles. The molecule has 0 saturated heterocycles. The van der Waals surface area contributed by atoms with E-state index >= 15 is 0 Å². The van der Waals surface area contributed by atoms with Crippen LogP contribution in [0.2, 0.25) is 0 Å². The first kappa shape index (κ1) is 21.6. The summed E-state index contributed by atoms with van der Waals surface area (Å²) >= 11 is 0. The van der Waals surface area contributed by atoms with Gasteiger partial charge in [-0.3, -0.25) is 18.2 Å². The Labute approximate surface area is 124 Å². The van der Waals surface area contributed by atoms with Crippen molar-refractivity contribution < 1.29 is 66.2 Å². The van der Waals surface area contributed by atoms with Crippen molar-refractivity contribution >= 4 is 47.8 Å². The van der Waals surface area contributed by atoms with Crippen molar-refractivity contribution in [2.24, 2.45) is 0 Å². The molecule has 0 unspecified atom stereocenters. The second-order valence-electron chi connectivity index (χ2n) is 3.22. The van der Waals surface area contributed by atoms with Crippen LogP contribution in [0.1, 0.15) is 0 Å². The van der Waals surface area contributed by atoms with E-state index in [0.717, 1.165) is 0 Å². The summed E-state index contributed by atoms with van der Waals surface area (Å²) in [6.07, 6.45) is 0. The average Bonchev–Trinajstić information content (AvgIpc) is 2.15. The van der Waals surface area contributed by atoms with Crippen molar-refractivity contribution in [3.8, 4) is 0 Å². The van der Waals surface area contributed by atoms with Gasteiger partial charge in [-0.25, -0.2) is 0 Å². The molecule has 0 radical (unpaired) electrons.